The minimum atomic E-state index is -3.58. The third-order valence-electron chi connectivity index (χ3n) is 3.17. The van der Waals surface area contributed by atoms with Gasteiger partial charge < -0.3 is 15.7 Å². The Kier molecular flexibility index (Phi) is 5.79. The third-order valence-corrected chi connectivity index (χ3v) is 4.63. The third kappa shape index (κ3) is 4.66. The summed E-state index contributed by atoms with van der Waals surface area (Å²) in [5.74, 6) is -0.123. The first-order chi connectivity index (χ1) is 9.24. The Balaban J connectivity index is 2.56. The minimum Gasteiger partial charge on any atom is -0.506 e. The molecule has 0 fully saturated rings. The van der Waals surface area contributed by atoms with Crippen LogP contribution in [0.2, 0.25) is 0 Å². The van der Waals surface area contributed by atoms with Gasteiger partial charge in [-0.1, -0.05) is 0 Å². The van der Waals surface area contributed by atoms with Gasteiger partial charge in [0.25, 0.3) is 0 Å². The molecule has 4 N–H and O–H groups in total. The SMILES string of the molecule is CC(C)N(C)CCCNS(=O)(=O)c1ccc(O)c(N)c1. The summed E-state index contributed by atoms with van der Waals surface area (Å²) in [6.45, 7) is 5.35. The zero-order valence-electron chi connectivity index (χ0n) is 12.1. The van der Waals surface area contributed by atoms with Crippen molar-refractivity contribution in [2.75, 3.05) is 25.9 Å². The number of anilines is 1. The molecule has 0 bridgehead atoms. The predicted molar refractivity (Wildman–Crippen MR) is 80.1 cm³/mol. The van der Waals surface area contributed by atoms with E-state index in [-0.39, 0.29) is 16.3 Å². The molecule has 1 rings (SSSR count). The molecule has 0 aliphatic heterocycles. The van der Waals surface area contributed by atoms with Crippen LogP contribution in [-0.2, 0) is 10.0 Å². The summed E-state index contributed by atoms with van der Waals surface area (Å²) in [6, 6.07) is 4.28. The second-order valence-electron chi connectivity index (χ2n) is 5.05. The van der Waals surface area contributed by atoms with Crippen LogP contribution in [0.3, 0.4) is 0 Å². The van der Waals surface area contributed by atoms with Gasteiger partial charge in [-0.05, 0) is 52.1 Å². The number of hydrogen-bond donors (Lipinski definition) is 3. The molecule has 0 aliphatic rings. The Labute approximate surface area is 120 Å². The van der Waals surface area contributed by atoms with Crippen molar-refractivity contribution < 1.29 is 13.5 Å². The normalized spacial score (nSPS) is 12.2. The predicted octanol–water partition coefficient (Wildman–Crippen LogP) is 0.983. The van der Waals surface area contributed by atoms with Gasteiger partial charge in [-0.25, -0.2) is 13.1 Å². The molecular formula is C13H23N3O3S. The van der Waals surface area contributed by atoms with E-state index in [2.05, 4.69) is 23.5 Å². The van der Waals surface area contributed by atoms with Crippen molar-refractivity contribution in [1.82, 2.24) is 9.62 Å². The molecule has 0 radical (unpaired) electrons. The number of sulfonamides is 1. The summed E-state index contributed by atoms with van der Waals surface area (Å²) in [5.41, 5.74) is 5.54. The van der Waals surface area contributed by atoms with E-state index in [0.717, 1.165) is 13.0 Å². The quantitative estimate of drug-likeness (QED) is 0.396. The summed E-state index contributed by atoms with van der Waals surface area (Å²) in [7, 11) is -1.58. The highest BCUT2D eigenvalue weighted by Gasteiger charge is 2.14. The summed E-state index contributed by atoms with van der Waals surface area (Å²) >= 11 is 0. The Hall–Kier alpha value is -1.31. The number of nitrogen functional groups attached to an aromatic ring is 1. The van der Waals surface area contributed by atoms with Crippen LogP contribution in [-0.4, -0.2) is 44.6 Å². The van der Waals surface area contributed by atoms with E-state index in [1.807, 2.05) is 7.05 Å². The maximum Gasteiger partial charge on any atom is 0.240 e. The summed E-state index contributed by atoms with van der Waals surface area (Å²) in [5, 5.41) is 9.29. The van der Waals surface area contributed by atoms with E-state index >= 15 is 0 Å². The molecule has 7 heteroatoms. The van der Waals surface area contributed by atoms with Gasteiger partial charge in [0.2, 0.25) is 10.0 Å². The molecule has 0 aliphatic carbocycles. The average Bonchev–Trinajstić information content (AvgIpc) is 2.37. The molecule has 1 aromatic rings. The smallest absolute Gasteiger partial charge is 0.240 e. The molecule has 0 atom stereocenters. The molecule has 0 aromatic heterocycles. The average molecular weight is 301 g/mol. The van der Waals surface area contributed by atoms with Gasteiger partial charge in [0.05, 0.1) is 10.6 Å². The number of phenols is 1. The van der Waals surface area contributed by atoms with Crippen molar-refractivity contribution in [3.8, 4) is 5.75 Å². The monoisotopic (exact) mass is 301 g/mol. The summed E-state index contributed by atoms with van der Waals surface area (Å²) in [4.78, 5) is 2.21. The van der Waals surface area contributed by atoms with Crippen LogP contribution in [0.5, 0.6) is 5.75 Å². The Bertz CT molecular complexity index is 544. The van der Waals surface area contributed by atoms with Gasteiger partial charge in [0, 0.05) is 12.6 Å². The van der Waals surface area contributed by atoms with E-state index in [1.54, 1.807) is 0 Å². The molecule has 0 saturated heterocycles. The zero-order valence-corrected chi connectivity index (χ0v) is 12.9. The maximum absolute atomic E-state index is 12.0. The van der Waals surface area contributed by atoms with Crippen molar-refractivity contribution in [3.05, 3.63) is 18.2 Å². The van der Waals surface area contributed by atoms with E-state index in [9.17, 15) is 13.5 Å². The Morgan fingerprint density at radius 1 is 1.40 bits per heavy atom. The number of phenolic OH excluding ortho intramolecular Hbond substituents is 1. The van der Waals surface area contributed by atoms with Crippen LogP contribution in [0.25, 0.3) is 0 Å². The van der Waals surface area contributed by atoms with Gasteiger partial charge in [0.15, 0.2) is 0 Å². The molecule has 114 valence electrons. The van der Waals surface area contributed by atoms with E-state index in [1.165, 1.54) is 18.2 Å². The fourth-order valence-electron chi connectivity index (χ4n) is 1.58. The molecule has 0 spiro atoms. The molecule has 1 aromatic carbocycles. The van der Waals surface area contributed by atoms with Crippen molar-refractivity contribution >= 4 is 15.7 Å². The van der Waals surface area contributed by atoms with Crippen molar-refractivity contribution in [2.24, 2.45) is 0 Å². The lowest BCUT2D eigenvalue weighted by molar-refractivity contribution is 0.271. The van der Waals surface area contributed by atoms with Crippen LogP contribution in [0.15, 0.2) is 23.1 Å². The van der Waals surface area contributed by atoms with Gasteiger partial charge in [0.1, 0.15) is 5.75 Å². The second kappa shape index (κ2) is 6.92. The highest BCUT2D eigenvalue weighted by molar-refractivity contribution is 7.89. The molecule has 0 heterocycles. The lowest BCUT2D eigenvalue weighted by Gasteiger charge is -2.20. The van der Waals surface area contributed by atoms with E-state index in [0.29, 0.717) is 12.6 Å². The lowest BCUT2D eigenvalue weighted by atomic mass is 10.3. The number of rotatable bonds is 7. The number of nitrogens with two attached hydrogens (primary N) is 1. The first-order valence-corrected chi connectivity index (χ1v) is 8.00. The summed E-state index contributed by atoms with van der Waals surface area (Å²) in [6.07, 6.45) is 0.724. The van der Waals surface area contributed by atoms with Gasteiger partial charge in [-0.2, -0.15) is 0 Å². The topological polar surface area (TPSA) is 95.7 Å². The maximum atomic E-state index is 12.0. The van der Waals surface area contributed by atoms with Crippen LogP contribution in [0, 0.1) is 0 Å². The molecule has 6 nitrogen and oxygen atoms in total. The number of aromatic hydroxyl groups is 1. The van der Waals surface area contributed by atoms with Crippen LogP contribution in [0.1, 0.15) is 20.3 Å². The Morgan fingerprint density at radius 3 is 2.60 bits per heavy atom. The fraction of sp³-hybridized carbons (Fsp3) is 0.538. The van der Waals surface area contributed by atoms with Crippen molar-refractivity contribution in [2.45, 2.75) is 31.2 Å². The zero-order chi connectivity index (χ0) is 15.3. The number of nitrogens with zero attached hydrogens (tertiary/aromatic N) is 1. The van der Waals surface area contributed by atoms with Gasteiger partial charge in [-0.3, -0.25) is 0 Å². The number of hydrogen-bond acceptors (Lipinski definition) is 5. The van der Waals surface area contributed by atoms with Crippen LogP contribution >= 0.6 is 0 Å². The lowest BCUT2D eigenvalue weighted by Crippen LogP contribution is -2.31. The van der Waals surface area contributed by atoms with Crippen LogP contribution < -0.4 is 10.5 Å². The van der Waals surface area contributed by atoms with Gasteiger partial charge in [-0.15, -0.1) is 0 Å². The van der Waals surface area contributed by atoms with E-state index < -0.39 is 10.0 Å². The first-order valence-electron chi connectivity index (χ1n) is 6.52. The second-order valence-corrected chi connectivity index (χ2v) is 6.81. The van der Waals surface area contributed by atoms with Gasteiger partial charge >= 0.3 is 0 Å². The highest BCUT2D eigenvalue weighted by atomic mass is 32.2. The number of nitrogens with one attached hydrogen (secondary N) is 1. The minimum absolute atomic E-state index is 0.0485. The molecular weight excluding hydrogens is 278 g/mol. The fourth-order valence-corrected chi connectivity index (χ4v) is 2.69. The Morgan fingerprint density at radius 2 is 2.05 bits per heavy atom. The largest absolute Gasteiger partial charge is 0.506 e. The van der Waals surface area contributed by atoms with E-state index in [4.69, 9.17) is 5.73 Å². The first kappa shape index (κ1) is 16.7. The molecule has 0 unspecified atom stereocenters. The van der Waals surface area contributed by atoms with Crippen molar-refractivity contribution in [3.63, 3.8) is 0 Å². The number of benzene rings is 1. The molecule has 0 amide bonds. The van der Waals surface area contributed by atoms with Crippen molar-refractivity contribution in [1.29, 1.82) is 0 Å². The molecule has 0 saturated carbocycles. The molecule has 20 heavy (non-hydrogen) atoms. The summed E-state index contributed by atoms with van der Waals surface area (Å²) < 4.78 is 26.5. The van der Waals surface area contributed by atoms with Crippen LogP contribution in [0.4, 0.5) is 5.69 Å². The highest BCUT2D eigenvalue weighted by Crippen LogP contribution is 2.22. The standard InChI is InChI=1S/C13H23N3O3S/c1-10(2)16(3)8-4-7-15-20(18,19)11-5-6-13(17)12(14)9-11/h5-6,9-10,15,17H,4,7-8,14H2,1-3H3.